The van der Waals surface area contributed by atoms with E-state index in [-0.39, 0.29) is 23.7 Å². The molecule has 4 N–H and O–H groups in total. The zero-order valence-corrected chi connectivity index (χ0v) is 18.8. The number of ether oxygens (including phenoxy) is 1. The molecule has 1 amide bonds. The van der Waals surface area contributed by atoms with Crippen molar-refractivity contribution < 1.29 is 14.6 Å². The minimum Gasteiger partial charge on any atom is -0.493 e. The normalized spacial score (nSPS) is 17.7. The van der Waals surface area contributed by atoms with Crippen LogP contribution in [0.25, 0.3) is 10.9 Å². The van der Waals surface area contributed by atoms with Gasteiger partial charge in [-0.2, -0.15) is 0 Å². The number of fused-ring (bicyclic) bond motifs is 1. The maximum absolute atomic E-state index is 12.8. The van der Waals surface area contributed by atoms with Crippen LogP contribution in [0.5, 0.6) is 11.6 Å². The third-order valence-electron chi connectivity index (χ3n) is 6.38. The van der Waals surface area contributed by atoms with E-state index < -0.39 is 5.69 Å². The second kappa shape index (κ2) is 9.05. The van der Waals surface area contributed by atoms with Crippen LogP contribution in [0.4, 0.5) is 0 Å². The fourth-order valence-corrected chi connectivity index (χ4v) is 4.76. The van der Waals surface area contributed by atoms with Gasteiger partial charge in [-0.25, -0.2) is 4.79 Å². The van der Waals surface area contributed by atoms with E-state index in [0.29, 0.717) is 23.6 Å². The van der Waals surface area contributed by atoms with Crippen LogP contribution in [0.1, 0.15) is 52.5 Å². The van der Waals surface area contributed by atoms with Gasteiger partial charge < -0.3 is 20.1 Å². The van der Waals surface area contributed by atoms with Gasteiger partial charge >= 0.3 is 5.69 Å². The number of carbonyl (C=O) groups is 1. The summed E-state index contributed by atoms with van der Waals surface area (Å²) in [5.41, 5.74) is 3.46. The lowest BCUT2D eigenvalue weighted by Crippen LogP contribution is -2.36. The highest BCUT2D eigenvalue weighted by Crippen LogP contribution is 2.36. The van der Waals surface area contributed by atoms with Crippen molar-refractivity contribution in [2.24, 2.45) is 0 Å². The molecule has 1 aliphatic rings. The number of hydrogen-bond acceptors (Lipinski definition) is 5. The van der Waals surface area contributed by atoms with Gasteiger partial charge in [-0.05, 0) is 56.2 Å². The lowest BCUT2D eigenvalue weighted by atomic mass is 9.99. The third kappa shape index (κ3) is 4.39. The summed E-state index contributed by atoms with van der Waals surface area (Å²) in [5.74, 6) is 0.180. The van der Waals surface area contributed by atoms with Crippen LogP contribution < -0.4 is 15.7 Å². The molecule has 5 rings (SSSR count). The summed E-state index contributed by atoms with van der Waals surface area (Å²) in [6.45, 7) is 2.37. The van der Waals surface area contributed by atoms with E-state index in [0.717, 1.165) is 41.4 Å². The molecule has 1 fully saturated rings. The molecular weight excluding hydrogens is 432 g/mol. The van der Waals surface area contributed by atoms with Crippen LogP contribution in [0.15, 0.2) is 59.4 Å². The summed E-state index contributed by atoms with van der Waals surface area (Å²) in [4.78, 5) is 33.9. The standard InChI is InChI=1S/C26H26N4O4/c1-15-13-17(19-5-2-3-7-21(19)27-15)14-34-18-11-9-16(10-12-18)24(31)28-22-8-4-6-20(22)23-25(32)30-26(33)29-23/h2-3,5,7,9-13,20,22,32H,4,6,8,14H2,1H3,(H,28,31)(H2,29,30,33). The number of carbonyl (C=O) groups excluding carboxylic acids is 1. The molecule has 1 aliphatic carbocycles. The van der Waals surface area contributed by atoms with E-state index in [1.807, 2.05) is 37.3 Å². The summed E-state index contributed by atoms with van der Waals surface area (Å²) in [6, 6.07) is 16.9. The number of aromatic nitrogens is 3. The SMILES string of the molecule is Cc1cc(COc2ccc(C(=O)NC3CCCC3c3[nH]c(=O)[nH]c3O)cc2)c2ccccc2n1. The first-order valence-electron chi connectivity index (χ1n) is 11.4. The first kappa shape index (κ1) is 21.8. The van der Waals surface area contributed by atoms with Crippen molar-refractivity contribution in [2.45, 2.75) is 44.8 Å². The molecular formula is C26H26N4O4. The molecule has 0 radical (unpaired) electrons. The van der Waals surface area contributed by atoms with Crippen LogP contribution in [-0.4, -0.2) is 32.0 Å². The number of H-pyrrole nitrogens is 2. The predicted octanol–water partition coefficient (Wildman–Crippen LogP) is 3.91. The van der Waals surface area contributed by atoms with E-state index in [2.05, 4.69) is 20.3 Å². The molecule has 2 heterocycles. The Bertz CT molecular complexity index is 1390. The molecule has 2 aromatic heterocycles. The van der Waals surface area contributed by atoms with Crippen molar-refractivity contribution in [3.8, 4) is 11.6 Å². The van der Waals surface area contributed by atoms with Crippen molar-refractivity contribution in [3.63, 3.8) is 0 Å². The van der Waals surface area contributed by atoms with Crippen LogP contribution in [0.3, 0.4) is 0 Å². The molecule has 8 nitrogen and oxygen atoms in total. The number of aryl methyl sites for hydroxylation is 1. The van der Waals surface area contributed by atoms with Crippen LogP contribution in [0, 0.1) is 6.92 Å². The van der Waals surface area contributed by atoms with Crippen molar-refractivity contribution in [3.05, 3.63) is 87.6 Å². The monoisotopic (exact) mass is 458 g/mol. The minimum atomic E-state index is -0.449. The summed E-state index contributed by atoms with van der Waals surface area (Å²) in [5, 5.41) is 14.1. The van der Waals surface area contributed by atoms with Crippen molar-refractivity contribution in [1.82, 2.24) is 20.3 Å². The van der Waals surface area contributed by atoms with Crippen LogP contribution >= 0.6 is 0 Å². The number of pyridine rings is 1. The smallest absolute Gasteiger partial charge is 0.325 e. The zero-order chi connectivity index (χ0) is 23.7. The van der Waals surface area contributed by atoms with Gasteiger partial charge in [0, 0.05) is 34.2 Å². The van der Waals surface area contributed by atoms with Gasteiger partial charge in [-0.3, -0.25) is 14.8 Å². The highest BCUT2D eigenvalue weighted by atomic mass is 16.5. The van der Waals surface area contributed by atoms with Crippen molar-refractivity contribution >= 4 is 16.8 Å². The number of nitrogens with zero attached hydrogens (tertiary/aromatic N) is 1. The Balaban J connectivity index is 1.24. The molecule has 34 heavy (non-hydrogen) atoms. The van der Waals surface area contributed by atoms with Crippen molar-refractivity contribution in [2.75, 3.05) is 0 Å². The second-order valence-electron chi connectivity index (χ2n) is 8.71. The molecule has 2 atom stereocenters. The van der Waals surface area contributed by atoms with Gasteiger partial charge in [0.15, 0.2) is 0 Å². The zero-order valence-electron chi connectivity index (χ0n) is 18.8. The Morgan fingerprint density at radius 3 is 2.71 bits per heavy atom. The highest BCUT2D eigenvalue weighted by molar-refractivity contribution is 5.94. The fraction of sp³-hybridized carbons (Fsp3) is 0.269. The van der Waals surface area contributed by atoms with Gasteiger partial charge in [0.25, 0.3) is 5.91 Å². The molecule has 8 heteroatoms. The van der Waals surface area contributed by atoms with E-state index in [1.54, 1.807) is 24.3 Å². The Hall–Kier alpha value is -4.07. The largest absolute Gasteiger partial charge is 0.493 e. The Morgan fingerprint density at radius 1 is 1.15 bits per heavy atom. The number of aromatic hydroxyl groups is 1. The highest BCUT2D eigenvalue weighted by Gasteiger charge is 2.33. The maximum Gasteiger partial charge on any atom is 0.325 e. The lowest BCUT2D eigenvalue weighted by molar-refractivity contribution is 0.0934. The number of nitrogens with one attached hydrogen (secondary N) is 3. The number of imidazole rings is 1. The fourth-order valence-electron chi connectivity index (χ4n) is 4.76. The first-order chi connectivity index (χ1) is 16.5. The predicted molar refractivity (Wildman–Crippen MR) is 128 cm³/mol. The molecule has 174 valence electrons. The Kier molecular flexibility index (Phi) is 5.79. The van der Waals surface area contributed by atoms with Gasteiger partial charge in [0.1, 0.15) is 12.4 Å². The second-order valence-corrected chi connectivity index (χ2v) is 8.71. The van der Waals surface area contributed by atoms with Crippen LogP contribution in [-0.2, 0) is 6.61 Å². The number of benzene rings is 2. The van der Waals surface area contributed by atoms with Gasteiger partial charge in [-0.15, -0.1) is 0 Å². The molecule has 0 spiro atoms. The number of hydrogen-bond donors (Lipinski definition) is 4. The minimum absolute atomic E-state index is 0.135. The van der Waals surface area contributed by atoms with Crippen molar-refractivity contribution in [1.29, 1.82) is 0 Å². The van der Waals surface area contributed by atoms with Crippen LogP contribution in [0.2, 0.25) is 0 Å². The average Bonchev–Trinajstić information content (AvgIpc) is 3.42. The summed E-state index contributed by atoms with van der Waals surface area (Å²) in [7, 11) is 0. The summed E-state index contributed by atoms with van der Waals surface area (Å²) >= 11 is 0. The average molecular weight is 459 g/mol. The Labute approximate surface area is 196 Å². The number of rotatable bonds is 6. The molecule has 2 aromatic carbocycles. The first-order valence-corrected chi connectivity index (χ1v) is 11.4. The number of aromatic amines is 2. The Morgan fingerprint density at radius 2 is 1.94 bits per heavy atom. The maximum atomic E-state index is 12.8. The number of para-hydroxylation sites is 1. The number of amides is 1. The molecule has 1 saturated carbocycles. The van der Waals surface area contributed by atoms with Gasteiger partial charge in [0.2, 0.25) is 5.88 Å². The van der Waals surface area contributed by atoms with E-state index in [4.69, 9.17) is 4.74 Å². The molecule has 0 saturated heterocycles. The molecule has 0 aliphatic heterocycles. The summed E-state index contributed by atoms with van der Waals surface area (Å²) in [6.07, 6.45) is 2.46. The molecule has 2 unspecified atom stereocenters. The van der Waals surface area contributed by atoms with Gasteiger partial charge in [0.05, 0.1) is 11.2 Å². The third-order valence-corrected chi connectivity index (χ3v) is 6.38. The quantitative estimate of drug-likeness (QED) is 0.349. The lowest BCUT2D eigenvalue weighted by Gasteiger charge is -2.20. The molecule has 0 bridgehead atoms. The van der Waals surface area contributed by atoms with E-state index in [1.165, 1.54) is 0 Å². The molecule has 4 aromatic rings. The topological polar surface area (TPSA) is 120 Å². The van der Waals surface area contributed by atoms with E-state index in [9.17, 15) is 14.7 Å². The van der Waals surface area contributed by atoms with E-state index >= 15 is 0 Å². The summed E-state index contributed by atoms with van der Waals surface area (Å²) < 4.78 is 5.99. The van der Waals surface area contributed by atoms with Gasteiger partial charge in [-0.1, -0.05) is 24.6 Å².